The van der Waals surface area contributed by atoms with Gasteiger partial charge in [0.2, 0.25) is 0 Å². The number of hydrogen-bond acceptors (Lipinski definition) is 1. The molecule has 0 saturated carbocycles. The molecule has 1 atom stereocenters. The molecule has 42 heavy (non-hydrogen) atoms. The van der Waals surface area contributed by atoms with Crippen molar-refractivity contribution >= 4 is 15.9 Å². The SMILES string of the molecule is CC1(C)c2ccccc2-c2cc3c(cc21)Oc1ccccc1C31c2ccccc2-c2ccccc2-c2ccc(Br)cc21. The standard InChI is InChI=1S/C40H27BrO/c1-39(2)31-15-7-5-14-28(31)30-22-36-38(23-34(30)39)42-37-18-10-9-17-33(37)40(36)32-16-8-6-13-27(32)25-11-3-4-12-26(25)29-20-19-24(41)21-35(29)40/h3-23H,1-2H3. The summed E-state index contributed by atoms with van der Waals surface area (Å²) in [5.74, 6) is 1.84. The maximum absolute atomic E-state index is 6.89. The van der Waals surface area contributed by atoms with E-state index < -0.39 is 5.41 Å². The number of para-hydroxylation sites is 1. The molecule has 0 aromatic heterocycles. The minimum Gasteiger partial charge on any atom is -0.457 e. The van der Waals surface area contributed by atoms with E-state index in [0.29, 0.717) is 0 Å². The fourth-order valence-electron chi connectivity index (χ4n) is 8.02. The van der Waals surface area contributed by atoms with Crippen LogP contribution < -0.4 is 4.74 Å². The van der Waals surface area contributed by atoms with Gasteiger partial charge in [-0.05, 0) is 86.0 Å². The van der Waals surface area contributed by atoms with Crippen molar-refractivity contribution in [2.45, 2.75) is 24.7 Å². The van der Waals surface area contributed by atoms with E-state index in [-0.39, 0.29) is 5.41 Å². The van der Waals surface area contributed by atoms with Crippen LogP contribution in [0.5, 0.6) is 11.5 Å². The molecule has 1 nitrogen and oxygen atoms in total. The summed E-state index contributed by atoms with van der Waals surface area (Å²) in [5, 5.41) is 0. The maximum atomic E-state index is 6.89. The highest BCUT2D eigenvalue weighted by Crippen LogP contribution is 2.63. The third kappa shape index (κ3) is 2.93. The van der Waals surface area contributed by atoms with Crippen LogP contribution in [0.1, 0.15) is 47.2 Å². The highest BCUT2D eigenvalue weighted by atomic mass is 79.9. The van der Waals surface area contributed by atoms with E-state index in [4.69, 9.17) is 4.74 Å². The van der Waals surface area contributed by atoms with Crippen molar-refractivity contribution in [2.24, 2.45) is 0 Å². The second-order valence-electron chi connectivity index (χ2n) is 12.2. The second-order valence-corrected chi connectivity index (χ2v) is 13.1. The first-order chi connectivity index (χ1) is 20.5. The first-order valence-corrected chi connectivity index (χ1v) is 15.3. The Labute approximate surface area is 254 Å². The van der Waals surface area contributed by atoms with E-state index in [1.165, 1.54) is 66.8 Å². The van der Waals surface area contributed by atoms with Gasteiger partial charge < -0.3 is 4.74 Å². The van der Waals surface area contributed by atoms with E-state index in [9.17, 15) is 0 Å². The Hall–Kier alpha value is -4.40. The molecule has 0 N–H and O–H groups in total. The molecule has 2 heteroatoms. The smallest absolute Gasteiger partial charge is 0.132 e. The van der Waals surface area contributed by atoms with Crippen LogP contribution in [0.3, 0.4) is 0 Å². The Morgan fingerprint density at radius 3 is 1.74 bits per heavy atom. The quantitative estimate of drug-likeness (QED) is 0.168. The topological polar surface area (TPSA) is 9.23 Å². The summed E-state index contributed by atoms with van der Waals surface area (Å²) in [7, 11) is 0. The lowest BCUT2D eigenvalue weighted by Crippen LogP contribution is -2.35. The van der Waals surface area contributed by atoms with Gasteiger partial charge in [-0.3, -0.25) is 0 Å². The third-order valence-corrected chi connectivity index (χ3v) is 10.3. The lowest BCUT2D eigenvalue weighted by molar-refractivity contribution is 0.433. The summed E-state index contributed by atoms with van der Waals surface area (Å²) in [6, 6.07) is 46.9. The van der Waals surface area contributed by atoms with Crippen molar-refractivity contribution in [3.05, 3.63) is 165 Å². The van der Waals surface area contributed by atoms with Crippen LogP contribution in [0.4, 0.5) is 0 Å². The van der Waals surface area contributed by atoms with E-state index in [0.717, 1.165) is 16.0 Å². The van der Waals surface area contributed by atoms with Crippen molar-refractivity contribution in [3.8, 4) is 44.9 Å². The molecule has 0 bridgehead atoms. The molecule has 200 valence electrons. The normalized spacial score (nSPS) is 17.9. The molecule has 1 heterocycles. The van der Waals surface area contributed by atoms with Crippen molar-refractivity contribution in [3.63, 3.8) is 0 Å². The van der Waals surface area contributed by atoms with Gasteiger partial charge in [0, 0.05) is 21.0 Å². The Kier molecular flexibility index (Phi) is 4.81. The summed E-state index contributed by atoms with van der Waals surface area (Å²) in [5.41, 5.74) is 14.5. The van der Waals surface area contributed by atoms with Crippen molar-refractivity contribution < 1.29 is 4.74 Å². The summed E-state index contributed by atoms with van der Waals surface area (Å²) >= 11 is 3.88. The number of ether oxygens (including phenoxy) is 1. The molecule has 0 amide bonds. The van der Waals surface area contributed by atoms with Crippen LogP contribution in [0.15, 0.2) is 132 Å². The molecular weight excluding hydrogens is 576 g/mol. The van der Waals surface area contributed by atoms with Gasteiger partial charge in [0.05, 0.1) is 5.41 Å². The summed E-state index contributed by atoms with van der Waals surface area (Å²) in [4.78, 5) is 0. The first-order valence-electron chi connectivity index (χ1n) is 14.5. The zero-order valence-corrected chi connectivity index (χ0v) is 25.0. The molecule has 6 aromatic carbocycles. The summed E-state index contributed by atoms with van der Waals surface area (Å²) in [6.45, 7) is 4.67. The van der Waals surface area contributed by atoms with Gasteiger partial charge in [0.15, 0.2) is 0 Å². The van der Waals surface area contributed by atoms with Gasteiger partial charge in [-0.15, -0.1) is 0 Å². The number of fused-ring (bicyclic) bond motifs is 14. The largest absolute Gasteiger partial charge is 0.457 e. The van der Waals surface area contributed by atoms with Crippen LogP contribution in [-0.2, 0) is 10.8 Å². The van der Waals surface area contributed by atoms with E-state index in [1.54, 1.807) is 0 Å². The van der Waals surface area contributed by atoms with Gasteiger partial charge >= 0.3 is 0 Å². The maximum Gasteiger partial charge on any atom is 0.132 e. The number of halogens is 1. The molecular formula is C40H27BrO. The van der Waals surface area contributed by atoms with Crippen molar-refractivity contribution in [1.29, 1.82) is 0 Å². The third-order valence-electron chi connectivity index (χ3n) is 9.82. The van der Waals surface area contributed by atoms with Gasteiger partial charge in [0.1, 0.15) is 11.5 Å². The predicted molar refractivity (Wildman–Crippen MR) is 175 cm³/mol. The molecule has 9 rings (SSSR count). The Balaban J connectivity index is 1.51. The van der Waals surface area contributed by atoms with E-state index in [2.05, 4.69) is 157 Å². The molecule has 0 fully saturated rings. The van der Waals surface area contributed by atoms with Crippen LogP contribution in [0, 0.1) is 0 Å². The monoisotopic (exact) mass is 602 g/mol. The predicted octanol–water partition coefficient (Wildman–Crippen LogP) is 10.9. The second kappa shape index (κ2) is 8.33. The van der Waals surface area contributed by atoms with Gasteiger partial charge in [-0.25, -0.2) is 0 Å². The Bertz CT molecular complexity index is 2120. The van der Waals surface area contributed by atoms with Crippen LogP contribution in [0.2, 0.25) is 0 Å². The highest BCUT2D eigenvalue weighted by Gasteiger charge is 2.50. The molecule has 0 radical (unpaired) electrons. The Morgan fingerprint density at radius 1 is 0.429 bits per heavy atom. The molecule has 2 aliphatic carbocycles. The first kappa shape index (κ1) is 24.2. The van der Waals surface area contributed by atoms with E-state index in [1.807, 2.05) is 0 Å². The number of hydrogen-bond donors (Lipinski definition) is 0. The van der Waals surface area contributed by atoms with Crippen LogP contribution >= 0.6 is 15.9 Å². The molecule has 1 unspecified atom stereocenters. The average molecular weight is 604 g/mol. The van der Waals surface area contributed by atoms with Crippen LogP contribution in [0.25, 0.3) is 33.4 Å². The fourth-order valence-corrected chi connectivity index (χ4v) is 8.38. The van der Waals surface area contributed by atoms with Gasteiger partial charge in [0.25, 0.3) is 0 Å². The molecule has 1 spiro atoms. The number of rotatable bonds is 0. The lowest BCUT2D eigenvalue weighted by atomic mass is 9.61. The highest BCUT2D eigenvalue weighted by molar-refractivity contribution is 9.10. The zero-order chi connectivity index (χ0) is 28.2. The minimum atomic E-state index is -0.602. The van der Waals surface area contributed by atoms with Crippen molar-refractivity contribution in [2.75, 3.05) is 0 Å². The summed E-state index contributed by atoms with van der Waals surface area (Å²) in [6.07, 6.45) is 0. The lowest BCUT2D eigenvalue weighted by Gasteiger charge is -2.43. The van der Waals surface area contributed by atoms with Gasteiger partial charge in [-0.1, -0.05) is 127 Å². The van der Waals surface area contributed by atoms with Crippen LogP contribution in [-0.4, -0.2) is 0 Å². The Morgan fingerprint density at radius 2 is 1.00 bits per heavy atom. The molecule has 3 aliphatic rings. The molecule has 6 aromatic rings. The van der Waals surface area contributed by atoms with Gasteiger partial charge in [-0.2, -0.15) is 0 Å². The van der Waals surface area contributed by atoms with Crippen molar-refractivity contribution in [1.82, 2.24) is 0 Å². The number of benzene rings is 6. The zero-order valence-electron chi connectivity index (χ0n) is 23.4. The summed E-state index contributed by atoms with van der Waals surface area (Å²) < 4.78 is 7.95. The minimum absolute atomic E-state index is 0.118. The van der Waals surface area contributed by atoms with E-state index >= 15 is 0 Å². The average Bonchev–Trinajstić information content (AvgIpc) is 3.18. The molecule has 0 saturated heterocycles. The fraction of sp³-hybridized carbons (Fsp3) is 0.100. The molecule has 1 aliphatic heterocycles.